The molecule has 2 heterocycles. The average molecular weight is 398 g/mol. The third-order valence-corrected chi connectivity index (χ3v) is 6.49. The number of para-hydroxylation sites is 1. The van der Waals surface area contributed by atoms with E-state index in [0.717, 1.165) is 37.1 Å². The second-order valence-corrected chi connectivity index (χ2v) is 8.25. The fourth-order valence-corrected chi connectivity index (χ4v) is 4.99. The van der Waals surface area contributed by atoms with Crippen LogP contribution in [0.15, 0.2) is 35.7 Å². The summed E-state index contributed by atoms with van der Waals surface area (Å²) < 4.78 is 0. The maximum atomic E-state index is 13.1. The van der Waals surface area contributed by atoms with Crippen LogP contribution >= 0.6 is 11.3 Å². The van der Waals surface area contributed by atoms with Crippen molar-refractivity contribution in [1.29, 1.82) is 0 Å². The van der Waals surface area contributed by atoms with Gasteiger partial charge in [0.25, 0.3) is 0 Å². The van der Waals surface area contributed by atoms with Gasteiger partial charge in [-0.2, -0.15) is 0 Å². The van der Waals surface area contributed by atoms with Crippen molar-refractivity contribution < 1.29 is 14.4 Å². The third kappa shape index (κ3) is 3.46. The summed E-state index contributed by atoms with van der Waals surface area (Å²) in [5.41, 5.74) is 1.58. The van der Waals surface area contributed by atoms with Crippen molar-refractivity contribution in [2.24, 2.45) is 11.8 Å². The minimum atomic E-state index is -0.178. The molecule has 1 saturated heterocycles. The van der Waals surface area contributed by atoms with Gasteiger partial charge in [-0.3, -0.25) is 24.2 Å². The Morgan fingerprint density at radius 3 is 2.36 bits per heavy atom. The molecule has 2 aromatic rings. The van der Waals surface area contributed by atoms with Gasteiger partial charge in [-0.1, -0.05) is 31.0 Å². The van der Waals surface area contributed by atoms with Crippen LogP contribution in [0.2, 0.25) is 0 Å². The fourth-order valence-electron chi connectivity index (χ4n) is 4.15. The topological polar surface area (TPSA) is 70.6 Å². The zero-order valence-corrected chi connectivity index (χ0v) is 16.7. The molecule has 1 saturated carbocycles. The Morgan fingerprint density at radius 1 is 1.14 bits per heavy atom. The van der Waals surface area contributed by atoms with Gasteiger partial charge < -0.3 is 0 Å². The average Bonchev–Trinajstić information content (AvgIpc) is 3.23. The molecular weight excluding hydrogens is 374 g/mol. The molecule has 28 heavy (non-hydrogen) atoms. The molecule has 0 N–H and O–H groups in total. The molecule has 1 aliphatic carbocycles. The number of carbonyl (C=O) groups excluding carboxylic acids is 3. The largest absolute Gasteiger partial charge is 0.282 e. The molecule has 0 unspecified atom stereocenters. The molecule has 146 valence electrons. The highest BCUT2D eigenvalue weighted by molar-refractivity contribution is 7.14. The number of hydrogen-bond acceptors (Lipinski definition) is 5. The summed E-state index contributed by atoms with van der Waals surface area (Å²) >= 11 is 1.40. The summed E-state index contributed by atoms with van der Waals surface area (Å²) in [7, 11) is 0. The summed E-state index contributed by atoms with van der Waals surface area (Å²) in [6.07, 6.45) is 3.66. The molecule has 6 nitrogen and oxygen atoms in total. The summed E-state index contributed by atoms with van der Waals surface area (Å²) in [5, 5.41) is 2.50. The first kappa shape index (κ1) is 18.8. The van der Waals surface area contributed by atoms with Gasteiger partial charge in [0.1, 0.15) is 0 Å². The molecule has 2 atom stereocenters. The van der Waals surface area contributed by atoms with Crippen molar-refractivity contribution >= 4 is 39.9 Å². The molecule has 3 amide bonds. The van der Waals surface area contributed by atoms with Gasteiger partial charge >= 0.3 is 0 Å². The lowest BCUT2D eigenvalue weighted by atomic mass is 9.81. The highest BCUT2D eigenvalue weighted by Gasteiger charge is 2.47. The van der Waals surface area contributed by atoms with Gasteiger partial charge in [0.05, 0.1) is 23.2 Å². The van der Waals surface area contributed by atoms with Gasteiger partial charge in [-0.15, -0.1) is 11.3 Å². The molecule has 0 spiro atoms. The predicted molar refractivity (Wildman–Crippen MR) is 107 cm³/mol. The number of imide groups is 1. The molecule has 1 aliphatic heterocycles. The molecule has 2 fully saturated rings. The first-order valence-corrected chi connectivity index (χ1v) is 10.6. The van der Waals surface area contributed by atoms with E-state index in [1.165, 1.54) is 16.2 Å². The Hall–Kier alpha value is -2.54. The minimum absolute atomic E-state index is 0.0877. The molecule has 0 radical (unpaired) electrons. The number of hydrogen-bond donors (Lipinski definition) is 0. The van der Waals surface area contributed by atoms with E-state index in [2.05, 4.69) is 4.98 Å². The first-order valence-electron chi connectivity index (χ1n) is 9.71. The van der Waals surface area contributed by atoms with E-state index >= 15 is 0 Å². The molecule has 1 aromatic carbocycles. The lowest BCUT2D eigenvalue weighted by Gasteiger charge is -2.21. The number of anilines is 2. The maximum absolute atomic E-state index is 13.1. The highest BCUT2D eigenvalue weighted by Crippen LogP contribution is 2.38. The molecule has 4 rings (SSSR count). The van der Waals surface area contributed by atoms with Crippen molar-refractivity contribution in [2.75, 3.05) is 11.4 Å². The van der Waals surface area contributed by atoms with E-state index in [9.17, 15) is 14.4 Å². The van der Waals surface area contributed by atoms with Crippen LogP contribution in [0.5, 0.6) is 0 Å². The van der Waals surface area contributed by atoms with Gasteiger partial charge in [0, 0.05) is 18.3 Å². The molecular formula is C21H23N3O3S. The molecule has 2 aliphatic rings. The van der Waals surface area contributed by atoms with Crippen molar-refractivity contribution in [3.63, 3.8) is 0 Å². The predicted octanol–water partition coefficient (Wildman–Crippen LogP) is 3.68. The Kier molecular flexibility index (Phi) is 5.26. The molecule has 7 heteroatoms. The Morgan fingerprint density at radius 2 is 1.79 bits per heavy atom. The van der Waals surface area contributed by atoms with Gasteiger partial charge in [0.15, 0.2) is 5.13 Å². The highest BCUT2D eigenvalue weighted by atomic mass is 32.1. The maximum Gasteiger partial charge on any atom is 0.235 e. The van der Waals surface area contributed by atoms with E-state index in [1.54, 1.807) is 4.90 Å². The number of benzene rings is 1. The van der Waals surface area contributed by atoms with Crippen LogP contribution in [0.4, 0.5) is 10.8 Å². The summed E-state index contributed by atoms with van der Waals surface area (Å²) in [6.45, 7) is 2.02. The Bertz CT molecular complexity index is 871. The zero-order chi connectivity index (χ0) is 19.7. The number of aryl methyl sites for hydroxylation is 1. The van der Waals surface area contributed by atoms with E-state index in [-0.39, 0.29) is 42.5 Å². The zero-order valence-electron chi connectivity index (χ0n) is 15.8. The van der Waals surface area contributed by atoms with Crippen molar-refractivity contribution in [1.82, 2.24) is 9.88 Å². The van der Waals surface area contributed by atoms with Crippen molar-refractivity contribution in [3.05, 3.63) is 41.4 Å². The van der Waals surface area contributed by atoms with Gasteiger partial charge in [-0.25, -0.2) is 4.98 Å². The van der Waals surface area contributed by atoms with E-state index in [4.69, 9.17) is 0 Å². The summed E-state index contributed by atoms with van der Waals surface area (Å²) in [4.78, 5) is 45.7. The molecule has 1 aromatic heterocycles. The number of likely N-dealkylation sites (tertiary alicyclic amines) is 1. The second-order valence-electron chi connectivity index (χ2n) is 7.41. The third-order valence-electron chi connectivity index (χ3n) is 5.54. The second kappa shape index (κ2) is 7.83. The van der Waals surface area contributed by atoms with Crippen LogP contribution in [0.1, 0.15) is 37.8 Å². The van der Waals surface area contributed by atoms with Gasteiger partial charge in [0.2, 0.25) is 17.7 Å². The van der Waals surface area contributed by atoms with Crippen LogP contribution in [-0.2, 0) is 14.4 Å². The van der Waals surface area contributed by atoms with E-state index in [0.29, 0.717) is 5.13 Å². The lowest BCUT2D eigenvalue weighted by Crippen LogP contribution is -2.36. The number of nitrogens with zero attached hydrogens (tertiary/aromatic N) is 3. The molecule has 0 bridgehead atoms. The summed E-state index contributed by atoms with van der Waals surface area (Å²) in [6, 6.07) is 9.34. The monoisotopic (exact) mass is 397 g/mol. The Labute approximate surface area is 168 Å². The number of carbonyl (C=O) groups is 3. The van der Waals surface area contributed by atoms with Crippen LogP contribution in [0, 0.1) is 18.8 Å². The number of thiazole rings is 1. The lowest BCUT2D eigenvalue weighted by molar-refractivity contribution is -0.140. The van der Waals surface area contributed by atoms with E-state index < -0.39 is 0 Å². The smallest absolute Gasteiger partial charge is 0.235 e. The van der Waals surface area contributed by atoms with Crippen LogP contribution in [-0.4, -0.2) is 34.2 Å². The van der Waals surface area contributed by atoms with Crippen LogP contribution in [0.25, 0.3) is 0 Å². The number of fused-ring (bicyclic) bond motifs is 1. The number of rotatable bonds is 5. The van der Waals surface area contributed by atoms with Crippen LogP contribution in [0.3, 0.4) is 0 Å². The van der Waals surface area contributed by atoms with Crippen LogP contribution < -0.4 is 4.90 Å². The number of amides is 3. The Balaban J connectivity index is 1.51. The number of aromatic nitrogens is 1. The fraction of sp³-hybridized carbons (Fsp3) is 0.429. The normalized spacial score (nSPS) is 21.7. The van der Waals surface area contributed by atoms with Crippen molar-refractivity contribution in [3.8, 4) is 0 Å². The first-order chi connectivity index (χ1) is 13.6. The SMILES string of the molecule is Cc1csc(N(C(=O)CCN2C(=O)[C@@H]3CCCC[C@H]3C2=O)c2ccccc2)n1. The minimum Gasteiger partial charge on any atom is -0.282 e. The standard InChI is InChI=1S/C21H23N3O3S/c1-14-13-28-21(22-14)24(15-7-3-2-4-8-15)18(25)11-12-23-19(26)16-9-5-6-10-17(16)20(23)27/h2-4,7-8,13,16-17H,5-6,9-12H2,1H3/t16-,17-/m1/s1. The van der Waals surface area contributed by atoms with Gasteiger partial charge in [-0.05, 0) is 31.9 Å². The van der Waals surface area contributed by atoms with E-state index in [1.807, 2.05) is 42.6 Å². The summed E-state index contributed by atoms with van der Waals surface area (Å²) in [5.74, 6) is -0.722. The quantitative estimate of drug-likeness (QED) is 0.722. The van der Waals surface area contributed by atoms with Crippen molar-refractivity contribution in [2.45, 2.75) is 39.0 Å².